The SMILES string of the molecule is C[C@@H](O)[C@H]1C(=O)N2C(C(=O)OCOC(=O)C(C)(C)C)=C(c3ccc(N4CCOC4=O)cc3)C[C@H]12.C[C@@H](O)[C@H]1C(=O)N2C(C(=O)[O-])=C(c3ccc(N4CCOC4=O)cc3)C[C@H]12.[Na+]. The molecule has 0 aromatic heterocycles. The van der Waals surface area contributed by atoms with Gasteiger partial charge in [-0.2, -0.15) is 0 Å². The number of rotatable bonds is 10. The van der Waals surface area contributed by atoms with Gasteiger partial charge in [-0.3, -0.25) is 24.2 Å². The summed E-state index contributed by atoms with van der Waals surface area (Å²) in [6.45, 7) is 9.11. The number of benzene rings is 2. The Morgan fingerprint density at radius 1 is 0.721 bits per heavy atom. The number of hydrogen-bond acceptors (Lipinski definition) is 14. The summed E-state index contributed by atoms with van der Waals surface area (Å²) < 4.78 is 20.1. The maximum Gasteiger partial charge on any atom is 1.00 e. The van der Waals surface area contributed by atoms with E-state index in [1.807, 2.05) is 0 Å². The summed E-state index contributed by atoms with van der Waals surface area (Å²) in [4.78, 5) is 90.6. The number of ether oxygens (including phenoxy) is 4. The summed E-state index contributed by atoms with van der Waals surface area (Å²) in [6.07, 6.45) is -1.83. The predicted octanol–water partition coefficient (Wildman–Crippen LogP) is -1.22. The van der Waals surface area contributed by atoms with Crippen molar-refractivity contribution in [3.05, 3.63) is 71.1 Å². The Kier molecular flexibility index (Phi) is 13.1. The van der Waals surface area contributed by atoms with E-state index in [1.165, 1.54) is 26.5 Å². The van der Waals surface area contributed by atoms with E-state index in [0.29, 0.717) is 72.8 Å². The quantitative estimate of drug-likeness (QED) is 0.0938. The number of cyclic esters (lactones) is 2. The van der Waals surface area contributed by atoms with Crippen LogP contribution in [0, 0.1) is 17.3 Å². The molecule has 18 nitrogen and oxygen atoms in total. The number of aliphatic hydroxyl groups is 2. The van der Waals surface area contributed by atoms with E-state index in [0.717, 1.165) is 0 Å². The Bertz CT molecular complexity index is 2200. The number of carboxylic acid groups (broad SMARTS) is 1. The van der Waals surface area contributed by atoms with Gasteiger partial charge >= 0.3 is 53.7 Å². The second kappa shape index (κ2) is 17.6. The summed E-state index contributed by atoms with van der Waals surface area (Å²) >= 11 is 0. The Balaban J connectivity index is 0.000000207. The number of aliphatic carboxylic acids is 1. The summed E-state index contributed by atoms with van der Waals surface area (Å²) in [6, 6.07) is 13.1. The molecule has 61 heavy (non-hydrogen) atoms. The van der Waals surface area contributed by atoms with Gasteiger partial charge in [-0.05, 0) is 94.0 Å². The minimum atomic E-state index is -1.41. The number of carbonyl (C=O) groups is 7. The van der Waals surface area contributed by atoms with Crippen molar-refractivity contribution in [2.45, 2.75) is 71.8 Å². The van der Waals surface area contributed by atoms with Crippen molar-refractivity contribution in [1.82, 2.24) is 9.80 Å². The minimum absolute atomic E-state index is 0. The van der Waals surface area contributed by atoms with Gasteiger partial charge in [0.25, 0.3) is 0 Å². The zero-order chi connectivity index (χ0) is 43.4. The molecule has 2 N–H and O–H groups in total. The molecule has 4 amide bonds. The molecule has 0 aliphatic carbocycles. The molecule has 2 aromatic rings. The van der Waals surface area contributed by atoms with Crippen LogP contribution in [0.3, 0.4) is 0 Å². The van der Waals surface area contributed by atoms with E-state index in [9.17, 15) is 48.9 Å². The van der Waals surface area contributed by atoms with Gasteiger partial charge in [-0.15, -0.1) is 0 Å². The molecule has 8 rings (SSSR count). The first kappa shape index (κ1) is 45.3. The molecule has 2 aromatic carbocycles. The molecule has 6 aliphatic heterocycles. The molecule has 4 fully saturated rings. The number of hydrogen-bond donors (Lipinski definition) is 2. The standard InChI is InChI=1S/C24H28N2O8.C18H18N2O6.Na/c1-13(27)18-17-11-16(14-5-7-15(8-6-14)25-9-10-32-23(25)31)19(26(17)20(18)28)21(29)33-12-34-22(30)24(2,3)4;1-9(21)14-13-8-12(15(17(23)24)20(13)16(14)22)10-2-4-11(5-3-10)19-6-7-26-18(19)25;/h5-8,13,17-18,27H,9-12H2,1-4H3;2-5,9,13-14,21H,6-8H2,1H3,(H,23,24);/q;;+1/p-1/t13-,17-,18-;9-,13-,14-;/m11./s1. The van der Waals surface area contributed by atoms with Crippen LogP contribution in [0.1, 0.15) is 58.6 Å². The van der Waals surface area contributed by atoms with E-state index in [-0.39, 0.29) is 58.9 Å². The maximum atomic E-state index is 13.0. The Morgan fingerprint density at radius 3 is 1.49 bits per heavy atom. The first-order chi connectivity index (χ1) is 28.4. The number of carboxylic acids is 1. The van der Waals surface area contributed by atoms with Gasteiger partial charge in [0.2, 0.25) is 18.6 Å². The van der Waals surface area contributed by atoms with Crippen molar-refractivity contribution < 1.29 is 97.4 Å². The molecule has 0 radical (unpaired) electrons. The smallest absolute Gasteiger partial charge is 0.543 e. The molecular weight excluding hydrogens is 807 g/mol. The van der Waals surface area contributed by atoms with Crippen molar-refractivity contribution in [1.29, 1.82) is 0 Å². The van der Waals surface area contributed by atoms with Crippen LogP contribution in [-0.2, 0) is 42.9 Å². The summed E-state index contributed by atoms with van der Waals surface area (Å²) in [5.74, 6) is -4.68. The molecule has 6 atom stereocenters. The van der Waals surface area contributed by atoms with Gasteiger partial charge in [-0.25, -0.2) is 14.4 Å². The number of esters is 2. The zero-order valence-corrected chi connectivity index (χ0v) is 36.6. The summed E-state index contributed by atoms with van der Waals surface area (Å²) in [5.41, 5.74) is 2.92. The van der Waals surface area contributed by atoms with Crippen molar-refractivity contribution in [3.63, 3.8) is 0 Å². The maximum absolute atomic E-state index is 13.0. The number of anilines is 2. The normalized spacial score (nSPS) is 23.8. The first-order valence-electron chi connectivity index (χ1n) is 19.5. The van der Waals surface area contributed by atoms with Gasteiger partial charge < -0.3 is 48.9 Å². The van der Waals surface area contributed by atoms with E-state index >= 15 is 0 Å². The Labute approximate surface area is 372 Å². The molecule has 0 bridgehead atoms. The molecule has 0 saturated carbocycles. The van der Waals surface area contributed by atoms with Crippen LogP contribution < -0.4 is 44.5 Å². The third kappa shape index (κ3) is 8.38. The van der Waals surface area contributed by atoms with E-state index in [1.54, 1.807) is 76.2 Å². The van der Waals surface area contributed by atoms with Crippen LogP contribution in [-0.4, -0.2) is 119 Å². The molecule has 0 unspecified atom stereocenters. The van der Waals surface area contributed by atoms with Crippen LogP contribution in [0.15, 0.2) is 59.9 Å². The van der Waals surface area contributed by atoms with Crippen LogP contribution in [0.2, 0.25) is 0 Å². The molecule has 19 heteroatoms. The van der Waals surface area contributed by atoms with Gasteiger partial charge in [0, 0.05) is 11.4 Å². The summed E-state index contributed by atoms with van der Waals surface area (Å²) in [7, 11) is 0. The topological polar surface area (TPSA) is 233 Å². The second-order valence-electron chi connectivity index (χ2n) is 16.3. The van der Waals surface area contributed by atoms with E-state index in [4.69, 9.17) is 18.9 Å². The molecule has 0 spiro atoms. The number of aliphatic hydroxyl groups excluding tert-OH is 2. The third-order valence-electron chi connectivity index (χ3n) is 11.4. The van der Waals surface area contributed by atoms with Crippen LogP contribution in [0.5, 0.6) is 0 Å². The average Bonchev–Trinajstić information content (AvgIpc) is 3.97. The number of fused-ring (bicyclic) bond motifs is 2. The van der Waals surface area contributed by atoms with E-state index in [2.05, 4.69) is 0 Å². The van der Waals surface area contributed by atoms with Gasteiger partial charge in [0.15, 0.2) is 0 Å². The van der Waals surface area contributed by atoms with Crippen molar-refractivity contribution >= 4 is 64.4 Å². The zero-order valence-electron chi connectivity index (χ0n) is 34.6. The van der Waals surface area contributed by atoms with Gasteiger partial charge in [-0.1, -0.05) is 24.3 Å². The third-order valence-corrected chi connectivity index (χ3v) is 11.4. The Morgan fingerprint density at radius 2 is 1.13 bits per heavy atom. The van der Waals surface area contributed by atoms with Crippen molar-refractivity contribution in [2.24, 2.45) is 17.3 Å². The molecule has 4 saturated heterocycles. The van der Waals surface area contributed by atoms with Crippen molar-refractivity contribution in [2.75, 3.05) is 42.9 Å². The first-order valence-corrected chi connectivity index (χ1v) is 19.5. The summed E-state index contributed by atoms with van der Waals surface area (Å²) in [5, 5.41) is 31.4. The predicted molar refractivity (Wildman–Crippen MR) is 206 cm³/mol. The van der Waals surface area contributed by atoms with Gasteiger partial charge in [0.1, 0.15) is 18.9 Å². The number of β-lactam (4-membered cyclic amide) rings is 2. The minimum Gasteiger partial charge on any atom is -0.543 e. The fraction of sp³-hybridized carbons (Fsp3) is 0.452. The second-order valence-corrected chi connectivity index (χ2v) is 16.3. The largest absolute Gasteiger partial charge is 1.00 e. The van der Waals surface area contributed by atoms with Crippen LogP contribution in [0.25, 0.3) is 11.1 Å². The number of nitrogens with zero attached hydrogens (tertiary/aromatic N) is 4. The number of amides is 4. The average molecular weight is 853 g/mol. The van der Waals surface area contributed by atoms with Crippen LogP contribution >= 0.6 is 0 Å². The fourth-order valence-electron chi connectivity index (χ4n) is 8.40. The van der Waals surface area contributed by atoms with E-state index < -0.39 is 72.3 Å². The van der Waals surface area contributed by atoms with Gasteiger partial charge in [0.05, 0.1) is 66.3 Å². The molecular formula is C42H45N4NaO14. The monoisotopic (exact) mass is 852 g/mol. The fourth-order valence-corrected chi connectivity index (χ4v) is 8.40. The molecule has 6 aliphatic rings. The number of carbonyl (C=O) groups excluding carboxylic acids is 7. The molecule has 6 heterocycles. The molecule has 318 valence electrons. The Hall–Kier alpha value is -5.27. The van der Waals surface area contributed by atoms with Crippen molar-refractivity contribution in [3.8, 4) is 0 Å². The van der Waals surface area contributed by atoms with Crippen LogP contribution in [0.4, 0.5) is 21.0 Å².